The highest BCUT2D eigenvalue weighted by Crippen LogP contribution is 2.30. The number of ether oxygens (including phenoxy) is 2. The van der Waals surface area contributed by atoms with Crippen molar-refractivity contribution in [3.63, 3.8) is 0 Å². The highest BCUT2D eigenvalue weighted by molar-refractivity contribution is 5.43. The van der Waals surface area contributed by atoms with Crippen molar-refractivity contribution >= 4 is 0 Å². The zero-order chi connectivity index (χ0) is 13.0. The van der Waals surface area contributed by atoms with Gasteiger partial charge in [-0.25, -0.2) is 0 Å². The van der Waals surface area contributed by atoms with Gasteiger partial charge in [-0.05, 0) is 36.1 Å². The summed E-state index contributed by atoms with van der Waals surface area (Å²) < 4.78 is 11.1. The number of rotatable bonds is 5. The van der Waals surface area contributed by atoms with Gasteiger partial charge in [0, 0.05) is 6.54 Å². The Balaban J connectivity index is 1.86. The monoisotopic (exact) mass is 249 g/mol. The maximum absolute atomic E-state index is 5.58. The molecule has 1 heterocycles. The van der Waals surface area contributed by atoms with Crippen LogP contribution < -0.4 is 14.8 Å². The first-order valence-corrected chi connectivity index (χ1v) is 6.76. The van der Waals surface area contributed by atoms with Crippen molar-refractivity contribution in [3.05, 3.63) is 23.8 Å². The molecule has 0 aromatic heterocycles. The Morgan fingerprint density at radius 1 is 1.11 bits per heavy atom. The molecule has 0 spiro atoms. The maximum atomic E-state index is 5.58. The fraction of sp³-hybridized carbons (Fsp3) is 0.600. The molecule has 0 amide bonds. The van der Waals surface area contributed by atoms with Gasteiger partial charge in [-0.15, -0.1) is 0 Å². The van der Waals surface area contributed by atoms with E-state index in [0.717, 1.165) is 30.5 Å². The van der Waals surface area contributed by atoms with Gasteiger partial charge in [0.2, 0.25) is 0 Å². The first-order valence-electron chi connectivity index (χ1n) is 6.76. The summed E-state index contributed by atoms with van der Waals surface area (Å²) in [5, 5.41) is 3.49. The molecule has 1 unspecified atom stereocenters. The van der Waals surface area contributed by atoms with Crippen LogP contribution >= 0.6 is 0 Å². The minimum atomic E-state index is 0.647. The minimum Gasteiger partial charge on any atom is -0.486 e. The Bertz CT molecular complexity index is 390. The van der Waals surface area contributed by atoms with Crippen LogP contribution in [0.25, 0.3) is 0 Å². The lowest BCUT2D eigenvalue weighted by Gasteiger charge is -2.19. The fourth-order valence-electron chi connectivity index (χ4n) is 1.88. The van der Waals surface area contributed by atoms with E-state index in [9.17, 15) is 0 Å². The summed E-state index contributed by atoms with van der Waals surface area (Å²) in [7, 11) is 0. The Morgan fingerprint density at radius 2 is 1.83 bits per heavy atom. The van der Waals surface area contributed by atoms with Crippen LogP contribution in [0.4, 0.5) is 0 Å². The summed E-state index contributed by atoms with van der Waals surface area (Å²) in [6, 6.07) is 6.17. The Labute approximate surface area is 109 Å². The summed E-state index contributed by atoms with van der Waals surface area (Å²) in [6.45, 7) is 10.0. The van der Waals surface area contributed by atoms with E-state index in [1.165, 1.54) is 5.56 Å². The molecule has 1 aliphatic heterocycles. The summed E-state index contributed by atoms with van der Waals surface area (Å²) in [4.78, 5) is 0. The number of nitrogens with one attached hydrogen (secondary N) is 1. The van der Waals surface area contributed by atoms with Crippen molar-refractivity contribution in [1.29, 1.82) is 0 Å². The highest BCUT2D eigenvalue weighted by Gasteiger charge is 2.12. The zero-order valence-electron chi connectivity index (χ0n) is 11.5. The number of fused-ring (bicyclic) bond motifs is 1. The van der Waals surface area contributed by atoms with Crippen LogP contribution in [0, 0.1) is 11.8 Å². The van der Waals surface area contributed by atoms with Gasteiger partial charge in [-0.2, -0.15) is 0 Å². The van der Waals surface area contributed by atoms with Crippen LogP contribution in [0.5, 0.6) is 11.5 Å². The van der Waals surface area contributed by atoms with Gasteiger partial charge in [-0.3, -0.25) is 0 Å². The number of benzene rings is 1. The van der Waals surface area contributed by atoms with Gasteiger partial charge in [-0.1, -0.05) is 26.8 Å². The van der Waals surface area contributed by atoms with E-state index >= 15 is 0 Å². The van der Waals surface area contributed by atoms with E-state index in [0.29, 0.717) is 19.1 Å². The van der Waals surface area contributed by atoms with Crippen LogP contribution in [0.15, 0.2) is 18.2 Å². The fourth-order valence-corrected chi connectivity index (χ4v) is 1.88. The van der Waals surface area contributed by atoms with E-state index < -0.39 is 0 Å². The number of hydrogen-bond acceptors (Lipinski definition) is 3. The van der Waals surface area contributed by atoms with Crippen molar-refractivity contribution in [2.75, 3.05) is 19.8 Å². The smallest absolute Gasteiger partial charge is 0.161 e. The van der Waals surface area contributed by atoms with Gasteiger partial charge in [0.1, 0.15) is 13.2 Å². The summed E-state index contributed by atoms with van der Waals surface area (Å²) in [5.74, 6) is 3.15. The summed E-state index contributed by atoms with van der Waals surface area (Å²) >= 11 is 0. The van der Waals surface area contributed by atoms with E-state index in [1.807, 2.05) is 6.07 Å². The third kappa shape index (κ3) is 3.39. The molecule has 18 heavy (non-hydrogen) atoms. The molecule has 3 heteroatoms. The standard InChI is InChI=1S/C15H23NO2/c1-11(2)12(3)9-16-10-13-4-5-14-15(8-13)18-7-6-17-14/h4-5,8,11-12,16H,6-7,9-10H2,1-3H3. The van der Waals surface area contributed by atoms with Crippen LogP contribution in [0.2, 0.25) is 0 Å². The van der Waals surface area contributed by atoms with Crippen LogP contribution in [-0.2, 0) is 6.54 Å². The molecule has 0 saturated carbocycles. The Morgan fingerprint density at radius 3 is 2.56 bits per heavy atom. The SMILES string of the molecule is CC(C)C(C)CNCc1ccc2c(c1)OCCO2. The lowest BCUT2D eigenvalue weighted by atomic mass is 9.98. The topological polar surface area (TPSA) is 30.5 Å². The predicted octanol–water partition coefficient (Wildman–Crippen LogP) is 2.84. The molecular weight excluding hydrogens is 226 g/mol. The molecule has 0 aliphatic carbocycles. The van der Waals surface area contributed by atoms with Crippen molar-refractivity contribution in [2.24, 2.45) is 11.8 Å². The second kappa shape index (κ2) is 6.10. The molecule has 0 radical (unpaired) electrons. The van der Waals surface area contributed by atoms with E-state index in [4.69, 9.17) is 9.47 Å². The van der Waals surface area contributed by atoms with Crippen LogP contribution in [-0.4, -0.2) is 19.8 Å². The van der Waals surface area contributed by atoms with Crippen molar-refractivity contribution in [3.8, 4) is 11.5 Å². The Hall–Kier alpha value is -1.22. The molecule has 3 nitrogen and oxygen atoms in total. The molecule has 1 atom stereocenters. The normalized spacial score (nSPS) is 15.8. The van der Waals surface area contributed by atoms with E-state index in [2.05, 4.69) is 38.2 Å². The van der Waals surface area contributed by atoms with Gasteiger partial charge >= 0.3 is 0 Å². The molecule has 1 aliphatic rings. The molecular formula is C15H23NO2. The molecule has 1 aromatic carbocycles. The summed E-state index contributed by atoms with van der Waals surface area (Å²) in [5.41, 5.74) is 1.25. The predicted molar refractivity (Wildman–Crippen MR) is 73.1 cm³/mol. The number of hydrogen-bond donors (Lipinski definition) is 1. The molecule has 2 rings (SSSR count). The van der Waals surface area contributed by atoms with Crippen molar-refractivity contribution in [2.45, 2.75) is 27.3 Å². The molecule has 100 valence electrons. The quantitative estimate of drug-likeness (QED) is 0.870. The van der Waals surface area contributed by atoms with Crippen LogP contribution in [0.1, 0.15) is 26.3 Å². The van der Waals surface area contributed by atoms with Gasteiger partial charge in [0.15, 0.2) is 11.5 Å². The molecule has 0 saturated heterocycles. The molecule has 1 aromatic rings. The first-order chi connectivity index (χ1) is 8.66. The Kier molecular flexibility index (Phi) is 4.48. The van der Waals surface area contributed by atoms with Gasteiger partial charge in [0.05, 0.1) is 0 Å². The van der Waals surface area contributed by atoms with Gasteiger partial charge in [0.25, 0.3) is 0 Å². The highest BCUT2D eigenvalue weighted by atomic mass is 16.6. The van der Waals surface area contributed by atoms with Gasteiger partial charge < -0.3 is 14.8 Å². The zero-order valence-corrected chi connectivity index (χ0v) is 11.5. The van der Waals surface area contributed by atoms with E-state index in [-0.39, 0.29) is 0 Å². The third-order valence-electron chi connectivity index (χ3n) is 3.54. The maximum Gasteiger partial charge on any atom is 0.161 e. The van der Waals surface area contributed by atoms with Crippen molar-refractivity contribution < 1.29 is 9.47 Å². The van der Waals surface area contributed by atoms with Crippen molar-refractivity contribution in [1.82, 2.24) is 5.32 Å². The average molecular weight is 249 g/mol. The molecule has 1 N–H and O–H groups in total. The second-order valence-corrected chi connectivity index (χ2v) is 5.33. The second-order valence-electron chi connectivity index (χ2n) is 5.33. The largest absolute Gasteiger partial charge is 0.486 e. The average Bonchev–Trinajstić information content (AvgIpc) is 2.38. The van der Waals surface area contributed by atoms with E-state index in [1.54, 1.807) is 0 Å². The van der Waals surface area contributed by atoms with Crippen LogP contribution in [0.3, 0.4) is 0 Å². The molecule has 0 fully saturated rings. The lowest BCUT2D eigenvalue weighted by molar-refractivity contribution is 0.171. The lowest BCUT2D eigenvalue weighted by Crippen LogP contribution is -2.24. The minimum absolute atomic E-state index is 0.647. The first kappa shape index (κ1) is 13.2. The third-order valence-corrected chi connectivity index (χ3v) is 3.54. The molecule has 0 bridgehead atoms. The summed E-state index contributed by atoms with van der Waals surface area (Å²) in [6.07, 6.45) is 0.